The highest BCUT2D eigenvalue weighted by atomic mass is 16.3. The molecule has 0 spiro atoms. The van der Waals surface area contributed by atoms with E-state index in [0.717, 1.165) is 12.8 Å². The zero-order valence-electron chi connectivity index (χ0n) is 8.09. The third kappa shape index (κ3) is 4.27. The van der Waals surface area contributed by atoms with Crippen LogP contribution in [0.2, 0.25) is 0 Å². The van der Waals surface area contributed by atoms with Gasteiger partial charge in [0.2, 0.25) is 5.91 Å². The first-order valence-corrected chi connectivity index (χ1v) is 5.23. The van der Waals surface area contributed by atoms with E-state index in [1.807, 2.05) is 0 Å². The van der Waals surface area contributed by atoms with Crippen molar-refractivity contribution in [2.45, 2.75) is 51.0 Å². The van der Waals surface area contributed by atoms with Crippen molar-refractivity contribution in [3.05, 3.63) is 0 Å². The lowest BCUT2D eigenvalue weighted by atomic mass is 9.97. The van der Waals surface area contributed by atoms with E-state index in [9.17, 15) is 4.79 Å². The second-order valence-electron chi connectivity index (χ2n) is 3.77. The highest BCUT2D eigenvalue weighted by molar-refractivity contribution is 5.77. The third-order valence-electron chi connectivity index (χ3n) is 2.61. The van der Waals surface area contributed by atoms with Gasteiger partial charge in [-0.25, -0.2) is 0 Å². The van der Waals surface area contributed by atoms with Gasteiger partial charge in [-0.05, 0) is 12.8 Å². The van der Waals surface area contributed by atoms with Gasteiger partial charge < -0.3 is 10.4 Å². The molecule has 1 saturated carbocycles. The number of aliphatic hydroxyl groups is 1. The van der Waals surface area contributed by atoms with Crippen LogP contribution in [0.1, 0.15) is 44.9 Å². The van der Waals surface area contributed by atoms with Gasteiger partial charge >= 0.3 is 0 Å². The molecule has 1 rings (SSSR count). The Morgan fingerprint density at radius 2 is 1.69 bits per heavy atom. The number of carbonyl (C=O) groups is 1. The number of aliphatic hydroxyl groups excluding tert-OH is 1. The maximum Gasteiger partial charge on any atom is 0.245 e. The maximum absolute atomic E-state index is 10.9. The van der Waals surface area contributed by atoms with Crippen LogP contribution < -0.4 is 5.32 Å². The summed E-state index contributed by atoms with van der Waals surface area (Å²) < 4.78 is 0. The van der Waals surface area contributed by atoms with Crippen LogP contribution in [0.4, 0.5) is 0 Å². The molecule has 0 heterocycles. The Morgan fingerprint density at radius 1 is 1.15 bits per heavy atom. The molecule has 1 aliphatic carbocycles. The lowest BCUT2D eigenvalue weighted by Crippen LogP contribution is -2.36. The summed E-state index contributed by atoms with van der Waals surface area (Å²) in [6.07, 6.45) is 8.46. The summed E-state index contributed by atoms with van der Waals surface area (Å²) in [4.78, 5) is 10.9. The normalized spacial score (nSPS) is 20.4. The average molecular weight is 185 g/mol. The van der Waals surface area contributed by atoms with E-state index in [2.05, 4.69) is 5.32 Å². The second kappa shape index (κ2) is 5.97. The number of hydrogen-bond acceptors (Lipinski definition) is 2. The highest BCUT2D eigenvalue weighted by Crippen LogP contribution is 2.16. The zero-order chi connectivity index (χ0) is 9.52. The number of amides is 1. The van der Waals surface area contributed by atoms with Crippen molar-refractivity contribution in [3.8, 4) is 0 Å². The molecule has 0 aliphatic heterocycles. The number of rotatable bonds is 2. The van der Waals surface area contributed by atoms with E-state index in [0.29, 0.717) is 6.04 Å². The molecule has 1 amide bonds. The lowest BCUT2D eigenvalue weighted by molar-refractivity contribution is -0.124. The molecule has 0 radical (unpaired) electrons. The summed E-state index contributed by atoms with van der Waals surface area (Å²) in [7, 11) is 0. The van der Waals surface area contributed by atoms with Gasteiger partial charge in [0, 0.05) is 6.04 Å². The molecule has 1 fully saturated rings. The van der Waals surface area contributed by atoms with Crippen LogP contribution in [0, 0.1) is 0 Å². The Kier molecular flexibility index (Phi) is 4.83. The maximum atomic E-state index is 10.9. The fourth-order valence-electron chi connectivity index (χ4n) is 1.87. The van der Waals surface area contributed by atoms with Gasteiger partial charge in [0.05, 0.1) is 0 Å². The second-order valence-corrected chi connectivity index (χ2v) is 3.77. The Balaban J connectivity index is 2.25. The van der Waals surface area contributed by atoms with Crippen molar-refractivity contribution in [2.24, 2.45) is 0 Å². The first-order chi connectivity index (χ1) is 6.33. The smallest absolute Gasteiger partial charge is 0.245 e. The predicted octanol–water partition coefficient (Wildman–Crippen LogP) is 1.21. The molecule has 0 atom stereocenters. The van der Waals surface area contributed by atoms with Gasteiger partial charge in [-0.3, -0.25) is 4.79 Å². The van der Waals surface area contributed by atoms with Gasteiger partial charge in [-0.1, -0.05) is 32.1 Å². The van der Waals surface area contributed by atoms with Gasteiger partial charge in [-0.2, -0.15) is 0 Å². The molecule has 2 N–H and O–H groups in total. The Bertz CT molecular complexity index is 151. The van der Waals surface area contributed by atoms with Crippen molar-refractivity contribution in [3.63, 3.8) is 0 Å². The van der Waals surface area contributed by atoms with Crippen molar-refractivity contribution >= 4 is 5.91 Å². The average Bonchev–Trinajstić information content (AvgIpc) is 2.09. The summed E-state index contributed by atoms with van der Waals surface area (Å²) in [6, 6.07) is 0.306. The van der Waals surface area contributed by atoms with E-state index >= 15 is 0 Å². The minimum absolute atomic E-state index is 0.231. The number of nitrogens with one attached hydrogen (secondary N) is 1. The zero-order valence-corrected chi connectivity index (χ0v) is 8.09. The minimum atomic E-state index is -0.378. The number of hydrogen-bond donors (Lipinski definition) is 2. The van der Waals surface area contributed by atoms with Gasteiger partial charge in [0.25, 0.3) is 0 Å². The molecule has 3 nitrogen and oxygen atoms in total. The first kappa shape index (κ1) is 10.5. The molecule has 0 saturated heterocycles. The topological polar surface area (TPSA) is 49.3 Å². The highest BCUT2D eigenvalue weighted by Gasteiger charge is 2.12. The molecule has 0 bridgehead atoms. The quantitative estimate of drug-likeness (QED) is 0.679. The molecule has 0 aromatic heterocycles. The van der Waals surface area contributed by atoms with Crippen LogP contribution in [-0.4, -0.2) is 23.7 Å². The molecule has 1 aliphatic rings. The molecule has 0 aromatic carbocycles. The van der Waals surface area contributed by atoms with E-state index in [4.69, 9.17) is 5.11 Å². The Hall–Kier alpha value is -0.570. The van der Waals surface area contributed by atoms with E-state index in [1.165, 1.54) is 32.1 Å². The SMILES string of the molecule is O=C(CO)NC1CCCCCCC1. The summed E-state index contributed by atoms with van der Waals surface area (Å²) >= 11 is 0. The number of carbonyl (C=O) groups excluding carboxylic acids is 1. The fraction of sp³-hybridized carbons (Fsp3) is 0.900. The lowest BCUT2D eigenvalue weighted by Gasteiger charge is -2.20. The first-order valence-electron chi connectivity index (χ1n) is 5.23. The van der Waals surface area contributed by atoms with Crippen LogP contribution in [0.25, 0.3) is 0 Å². The van der Waals surface area contributed by atoms with Crippen LogP contribution >= 0.6 is 0 Å². The summed E-state index contributed by atoms with van der Waals surface area (Å²) in [5, 5.41) is 11.4. The minimum Gasteiger partial charge on any atom is -0.387 e. The molecule has 0 aromatic rings. The molecular weight excluding hydrogens is 166 g/mol. The van der Waals surface area contributed by atoms with Crippen molar-refractivity contribution in [1.29, 1.82) is 0 Å². The van der Waals surface area contributed by atoms with Crippen LogP contribution in [0.15, 0.2) is 0 Å². The van der Waals surface area contributed by atoms with Crippen LogP contribution in [0.5, 0.6) is 0 Å². The molecule has 3 heteroatoms. The van der Waals surface area contributed by atoms with Crippen molar-refractivity contribution in [2.75, 3.05) is 6.61 Å². The predicted molar refractivity (Wildman–Crippen MR) is 51.3 cm³/mol. The fourth-order valence-corrected chi connectivity index (χ4v) is 1.87. The summed E-state index contributed by atoms with van der Waals surface area (Å²) in [5.74, 6) is -0.231. The third-order valence-corrected chi connectivity index (χ3v) is 2.61. The largest absolute Gasteiger partial charge is 0.387 e. The monoisotopic (exact) mass is 185 g/mol. The van der Waals surface area contributed by atoms with Crippen LogP contribution in [-0.2, 0) is 4.79 Å². The van der Waals surface area contributed by atoms with Gasteiger partial charge in [0.15, 0.2) is 0 Å². The molecule has 13 heavy (non-hydrogen) atoms. The molecule has 76 valence electrons. The van der Waals surface area contributed by atoms with E-state index < -0.39 is 0 Å². The van der Waals surface area contributed by atoms with E-state index in [1.54, 1.807) is 0 Å². The van der Waals surface area contributed by atoms with Crippen LogP contribution in [0.3, 0.4) is 0 Å². The summed E-state index contributed by atoms with van der Waals surface area (Å²) in [6.45, 7) is -0.378. The van der Waals surface area contributed by atoms with Gasteiger partial charge in [0.1, 0.15) is 6.61 Å². The molecular formula is C10H19NO2. The van der Waals surface area contributed by atoms with Crippen molar-refractivity contribution in [1.82, 2.24) is 5.32 Å². The standard InChI is InChI=1S/C10H19NO2/c12-8-10(13)11-9-6-4-2-1-3-5-7-9/h9,12H,1-8H2,(H,11,13). The Morgan fingerprint density at radius 3 is 2.23 bits per heavy atom. The molecule has 0 unspecified atom stereocenters. The Labute approximate surface area is 79.5 Å². The van der Waals surface area contributed by atoms with Gasteiger partial charge in [-0.15, -0.1) is 0 Å². The summed E-state index contributed by atoms with van der Waals surface area (Å²) in [5.41, 5.74) is 0. The van der Waals surface area contributed by atoms with E-state index in [-0.39, 0.29) is 12.5 Å². The van der Waals surface area contributed by atoms with Crippen molar-refractivity contribution < 1.29 is 9.90 Å².